The molecule has 1 aromatic heterocycles. The van der Waals surface area contributed by atoms with E-state index < -0.39 is 17.1 Å². The lowest BCUT2D eigenvalue weighted by atomic mass is 9.93. The molecule has 0 aliphatic carbocycles. The molecule has 0 spiro atoms. The van der Waals surface area contributed by atoms with Crippen molar-refractivity contribution in [2.24, 2.45) is 5.41 Å². The highest BCUT2D eigenvalue weighted by atomic mass is 32.2. The average Bonchev–Trinajstić information content (AvgIpc) is 2.74. The fraction of sp³-hybridized carbons (Fsp3) is 0.435. The van der Waals surface area contributed by atoms with Crippen LogP contribution in [0, 0.1) is 11.2 Å². The van der Waals surface area contributed by atoms with Crippen molar-refractivity contribution in [3.63, 3.8) is 0 Å². The highest BCUT2D eigenvalue weighted by Gasteiger charge is 2.31. The highest BCUT2D eigenvalue weighted by Crippen LogP contribution is 2.27. The van der Waals surface area contributed by atoms with Crippen LogP contribution in [0.3, 0.4) is 0 Å². The van der Waals surface area contributed by atoms with Crippen LogP contribution in [0.4, 0.5) is 4.39 Å². The number of piperidine rings is 1. The number of halogens is 1. The normalized spacial score (nSPS) is 14.9. The van der Waals surface area contributed by atoms with Gasteiger partial charge in [-0.25, -0.2) is 9.37 Å². The van der Waals surface area contributed by atoms with E-state index in [0.717, 1.165) is 17.2 Å². The Bertz CT molecular complexity index is 953. The highest BCUT2D eigenvalue weighted by molar-refractivity contribution is 7.98. The van der Waals surface area contributed by atoms with Gasteiger partial charge in [0, 0.05) is 29.4 Å². The summed E-state index contributed by atoms with van der Waals surface area (Å²) in [6.45, 7) is 6.85. The first-order valence-electron chi connectivity index (χ1n) is 10.2. The second-order valence-electron chi connectivity index (χ2n) is 8.58. The first kappa shape index (κ1) is 23.1. The molecule has 2 amide bonds. The van der Waals surface area contributed by atoms with Gasteiger partial charge in [-0.3, -0.25) is 9.59 Å². The molecule has 8 heteroatoms. The number of amides is 2. The Morgan fingerprint density at radius 1 is 1.23 bits per heavy atom. The summed E-state index contributed by atoms with van der Waals surface area (Å²) in [6, 6.07) is 8.41. The molecule has 1 N–H and O–H groups in total. The molecular formula is C23H28FN3O3S. The molecule has 2 heterocycles. The number of nitrogens with one attached hydrogen (secondary N) is 1. The fourth-order valence-corrected chi connectivity index (χ4v) is 3.86. The Morgan fingerprint density at radius 3 is 2.58 bits per heavy atom. The van der Waals surface area contributed by atoms with Crippen molar-refractivity contribution in [3.05, 3.63) is 47.9 Å². The van der Waals surface area contributed by atoms with Crippen LogP contribution in [0.5, 0.6) is 11.6 Å². The third-order valence-electron chi connectivity index (χ3n) is 5.08. The lowest BCUT2D eigenvalue weighted by Crippen LogP contribution is -2.49. The van der Waals surface area contributed by atoms with Crippen molar-refractivity contribution < 1.29 is 18.7 Å². The van der Waals surface area contributed by atoms with E-state index in [1.54, 1.807) is 17.8 Å². The second kappa shape index (κ2) is 9.68. The van der Waals surface area contributed by atoms with Gasteiger partial charge in [-0.15, -0.1) is 11.8 Å². The van der Waals surface area contributed by atoms with E-state index in [1.807, 2.05) is 50.1 Å². The van der Waals surface area contributed by atoms with Gasteiger partial charge in [0.15, 0.2) is 0 Å². The van der Waals surface area contributed by atoms with Crippen molar-refractivity contribution in [1.29, 1.82) is 0 Å². The molecule has 31 heavy (non-hydrogen) atoms. The van der Waals surface area contributed by atoms with Crippen LogP contribution in [0.2, 0.25) is 0 Å². The monoisotopic (exact) mass is 445 g/mol. The minimum absolute atomic E-state index is 0.0442. The summed E-state index contributed by atoms with van der Waals surface area (Å²) >= 11 is 1.57. The molecule has 1 aromatic carbocycles. The third-order valence-corrected chi connectivity index (χ3v) is 5.80. The van der Waals surface area contributed by atoms with E-state index in [1.165, 1.54) is 0 Å². The summed E-state index contributed by atoms with van der Waals surface area (Å²) in [5, 5.41) is 2.94. The number of benzene rings is 1. The number of likely N-dealkylation sites (tertiary alicyclic amines) is 1. The number of thioether (sulfide) groups is 1. The molecule has 0 saturated carbocycles. The third kappa shape index (κ3) is 5.97. The zero-order valence-corrected chi connectivity index (χ0v) is 19.1. The molecule has 1 fully saturated rings. The van der Waals surface area contributed by atoms with E-state index in [9.17, 15) is 14.0 Å². The number of ether oxygens (including phenoxy) is 1. The lowest BCUT2D eigenvalue weighted by Gasteiger charge is -2.36. The summed E-state index contributed by atoms with van der Waals surface area (Å²) in [5.74, 6) is -0.370. The molecule has 2 aromatic rings. The summed E-state index contributed by atoms with van der Waals surface area (Å²) < 4.78 is 19.6. The number of rotatable bonds is 5. The zero-order chi connectivity index (χ0) is 22.6. The van der Waals surface area contributed by atoms with E-state index in [-0.39, 0.29) is 23.4 Å². The quantitative estimate of drug-likeness (QED) is 0.686. The van der Waals surface area contributed by atoms with Gasteiger partial charge in [-0.1, -0.05) is 26.8 Å². The number of carbonyl (C=O) groups is 2. The first-order valence-corrected chi connectivity index (χ1v) is 11.5. The van der Waals surface area contributed by atoms with Gasteiger partial charge in [0.1, 0.15) is 17.1 Å². The maximum absolute atomic E-state index is 13.8. The van der Waals surface area contributed by atoms with Crippen LogP contribution in [-0.4, -0.2) is 47.1 Å². The molecule has 1 aliphatic heterocycles. The van der Waals surface area contributed by atoms with E-state index in [2.05, 4.69) is 10.3 Å². The van der Waals surface area contributed by atoms with Crippen molar-refractivity contribution >= 4 is 23.6 Å². The van der Waals surface area contributed by atoms with E-state index in [4.69, 9.17) is 4.74 Å². The molecule has 1 saturated heterocycles. The molecule has 3 rings (SSSR count). The van der Waals surface area contributed by atoms with Crippen LogP contribution in [-0.2, 0) is 4.79 Å². The Kier molecular flexibility index (Phi) is 7.20. The maximum Gasteiger partial charge on any atom is 0.257 e. The van der Waals surface area contributed by atoms with Gasteiger partial charge in [0.25, 0.3) is 5.91 Å². The van der Waals surface area contributed by atoms with Gasteiger partial charge in [0.05, 0.1) is 6.20 Å². The molecule has 166 valence electrons. The predicted molar refractivity (Wildman–Crippen MR) is 119 cm³/mol. The number of hydrogen-bond acceptors (Lipinski definition) is 5. The smallest absolute Gasteiger partial charge is 0.257 e. The van der Waals surface area contributed by atoms with Crippen molar-refractivity contribution in [2.45, 2.75) is 44.6 Å². The van der Waals surface area contributed by atoms with Crippen LogP contribution >= 0.6 is 11.8 Å². The van der Waals surface area contributed by atoms with Crippen LogP contribution in [0.1, 0.15) is 44.0 Å². The molecule has 0 unspecified atom stereocenters. The van der Waals surface area contributed by atoms with Gasteiger partial charge in [0.2, 0.25) is 11.8 Å². The fourth-order valence-electron chi connectivity index (χ4n) is 3.41. The largest absolute Gasteiger partial charge is 0.438 e. The van der Waals surface area contributed by atoms with Gasteiger partial charge in [-0.05, 0) is 43.4 Å². The molecule has 0 bridgehead atoms. The first-order chi connectivity index (χ1) is 14.7. The van der Waals surface area contributed by atoms with Gasteiger partial charge in [-0.2, -0.15) is 0 Å². The lowest BCUT2D eigenvalue weighted by molar-refractivity contribution is -0.140. The summed E-state index contributed by atoms with van der Waals surface area (Å²) in [5.41, 5.74) is -0.383. The van der Waals surface area contributed by atoms with Crippen molar-refractivity contribution in [1.82, 2.24) is 15.2 Å². The number of aromatic nitrogens is 1. The van der Waals surface area contributed by atoms with Crippen LogP contribution in [0.25, 0.3) is 0 Å². The number of carbonyl (C=O) groups excluding carboxylic acids is 2. The van der Waals surface area contributed by atoms with Gasteiger partial charge >= 0.3 is 0 Å². The SMILES string of the molecule is CSc1cccc(Oc2ncc(F)cc2C(=O)NC2CCN(C(=O)C(C)(C)C)CC2)c1. The zero-order valence-electron chi connectivity index (χ0n) is 18.3. The average molecular weight is 446 g/mol. The minimum Gasteiger partial charge on any atom is -0.438 e. The standard InChI is InChI=1S/C23H28FN3O3S/c1-23(2,3)22(29)27-10-8-16(9-11-27)26-20(28)19-12-15(24)14-25-21(19)30-17-6-5-7-18(13-17)31-4/h5-7,12-14,16H,8-11H2,1-4H3,(H,26,28). The maximum atomic E-state index is 13.8. The van der Waals surface area contributed by atoms with E-state index in [0.29, 0.717) is 31.7 Å². The molecule has 6 nitrogen and oxygen atoms in total. The van der Waals surface area contributed by atoms with E-state index >= 15 is 0 Å². The predicted octanol–water partition coefficient (Wildman–Crippen LogP) is 4.50. The molecule has 1 aliphatic rings. The van der Waals surface area contributed by atoms with Crippen molar-refractivity contribution in [2.75, 3.05) is 19.3 Å². The van der Waals surface area contributed by atoms with Crippen LogP contribution in [0.15, 0.2) is 41.4 Å². The Hall–Kier alpha value is -2.61. The number of pyridine rings is 1. The summed E-state index contributed by atoms with van der Waals surface area (Å²) in [4.78, 5) is 32.2. The Morgan fingerprint density at radius 2 is 1.94 bits per heavy atom. The molecule has 0 atom stereocenters. The number of hydrogen-bond donors (Lipinski definition) is 1. The Labute approximate surface area is 186 Å². The Balaban J connectivity index is 1.68. The summed E-state index contributed by atoms with van der Waals surface area (Å²) in [7, 11) is 0. The minimum atomic E-state index is -0.610. The summed E-state index contributed by atoms with van der Waals surface area (Å²) in [6.07, 6.45) is 4.26. The van der Waals surface area contributed by atoms with Gasteiger partial charge < -0.3 is 15.0 Å². The topological polar surface area (TPSA) is 71.5 Å². The van der Waals surface area contributed by atoms with Crippen LogP contribution < -0.4 is 10.1 Å². The second-order valence-corrected chi connectivity index (χ2v) is 9.46. The number of nitrogens with zero attached hydrogens (tertiary/aromatic N) is 2. The molecule has 0 radical (unpaired) electrons. The molecular weight excluding hydrogens is 417 g/mol. The van der Waals surface area contributed by atoms with Crippen molar-refractivity contribution in [3.8, 4) is 11.6 Å².